The molecule has 2 unspecified atom stereocenters. The van der Waals surface area contributed by atoms with Crippen LogP contribution in [0, 0.1) is 0 Å². The number of fused-ring (bicyclic) bond motifs is 1. The number of oxime groups is 1. The monoisotopic (exact) mass is 440 g/mol. The molecule has 2 aliphatic rings. The van der Waals surface area contributed by atoms with Crippen molar-refractivity contribution in [3.8, 4) is 5.75 Å². The fourth-order valence-electron chi connectivity index (χ4n) is 2.91. The minimum atomic E-state index is -0.616. The van der Waals surface area contributed by atoms with Gasteiger partial charge in [0.25, 0.3) is 5.91 Å². The zero-order valence-electron chi connectivity index (χ0n) is 13.0. The van der Waals surface area contributed by atoms with E-state index in [4.69, 9.17) is 21.2 Å². The lowest BCUT2D eigenvalue weighted by atomic mass is 10.00. The summed E-state index contributed by atoms with van der Waals surface area (Å²) in [4.78, 5) is 18.9. The van der Waals surface area contributed by atoms with E-state index in [1.807, 2.05) is 30.3 Å². The van der Waals surface area contributed by atoms with Crippen molar-refractivity contribution in [2.45, 2.75) is 25.0 Å². The second-order valence-corrected chi connectivity index (χ2v) is 8.45. The molecule has 0 bridgehead atoms. The quantitative estimate of drug-likeness (QED) is 0.773. The third kappa shape index (κ3) is 3.54. The summed E-state index contributed by atoms with van der Waals surface area (Å²) in [5.41, 5.74) is 1.73. The molecule has 5 nitrogen and oxygen atoms in total. The molecule has 1 amide bonds. The second-order valence-electron chi connectivity index (χ2n) is 5.82. The van der Waals surface area contributed by atoms with Crippen LogP contribution >= 0.6 is 38.9 Å². The Morgan fingerprint density at radius 3 is 3.04 bits per heavy atom. The van der Waals surface area contributed by atoms with Crippen molar-refractivity contribution >= 4 is 50.5 Å². The van der Waals surface area contributed by atoms with Crippen LogP contribution in [0.1, 0.15) is 29.3 Å². The van der Waals surface area contributed by atoms with E-state index in [1.54, 1.807) is 0 Å². The zero-order chi connectivity index (χ0) is 17.4. The predicted molar refractivity (Wildman–Crippen MR) is 100 cm³/mol. The molecule has 3 heterocycles. The Morgan fingerprint density at radius 2 is 2.24 bits per heavy atom. The molecule has 130 valence electrons. The number of amides is 1. The normalized spacial score (nSPS) is 21.8. The SMILES string of the molecule is O=C(NC1CCOc2ccc(Br)cc21)C1CC(c2ccc(Cl)s2)=NO1. The van der Waals surface area contributed by atoms with Crippen molar-refractivity contribution in [1.82, 2.24) is 5.32 Å². The average molecular weight is 442 g/mol. The molecule has 0 saturated heterocycles. The van der Waals surface area contributed by atoms with Crippen LogP contribution in [0.25, 0.3) is 0 Å². The molecule has 1 aromatic carbocycles. The van der Waals surface area contributed by atoms with Gasteiger partial charge >= 0.3 is 0 Å². The highest BCUT2D eigenvalue weighted by atomic mass is 79.9. The van der Waals surface area contributed by atoms with Gasteiger partial charge in [-0.05, 0) is 30.3 Å². The summed E-state index contributed by atoms with van der Waals surface area (Å²) in [5, 5.41) is 7.11. The lowest BCUT2D eigenvalue weighted by Crippen LogP contribution is -2.39. The van der Waals surface area contributed by atoms with Crippen molar-refractivity contribution in [2.75, 3.05) is 6.61 Å². The standard InChI is InChI=1S/C17H14BrClN2O3S/c18-9-1-2-13-10(7-9)11(5-6-23-13)20-17(22)14-8-12(21-24-14)15-3-4-16(19)25-15/h1-4,7,11,14H,5-6,8H2,(H,20,22). The minimum Gasteiger partial charge on any atom is -0.493 e. The zero-order valence-corrected chi connectivity index (χ0v) is 16.2. The van der Waals surface area contributed by atoms with E-state index >= 15 is 0 Å². The van der Waals surface area contributed by atoms with Gasteiger partial charge in [-0.15, -0.1) is 11.3 Å². The van der Waals surface area contributed by atoms with Crippen molar-refractivity contribution in [2.24, 2.45) is 5.16 Å². The van der Waals surface area contributed by atoms with Gasteiger partial charge in [-0.1, -0.05) is 32.7 Å². The van der Waals surface area contributed by atoms with E-state index in [1.165, 1.54) is 11.3 Å². The molecule has 4 rings (SSSR count). The number of halogens is 2. The maximum atomic E-state index is 12.6. The number of benzene rings is 1. The number of carbonyl (C=O) groups excluding carboxylic acids is 1. The summed E-state index contributed by atoms with van der Waals surface area (Å²) in [7, 11) is 0. The second kappa shape index (κ2) is 6.97. The van der Waals surface area contributed by atoms with Crippen LogP contribution in [0.4, 0.5) is 0 Å². The Balaban J connectivity index is 1.43. The molecule has 0 fully saturated rings. The maximum absolute atomic E-state index is 12.6. The van der Waals surface area contributed by atoms with Crippen LogP contribution in [-0.2, 0) is 9.63 Å². The average Bonchev–Trinajstić information content (AvgIpc) is 3.24. The van der Waals surface area contributed by atoms with Crippen LogP contribution in [0.5, 0.6) is 5.75 Å². The Kier molecular flexibility index (Phi) is 4.71. The first-order valence-electron chi connectivity index (χ1n) is 7.81. The smallest absolute Gasteiger partial charge is 0.264 e. The van der Waals surface area contributed by atoms with Gasteiger partial charge in [0, 0.05) is 22.9 Å². The van der Waals surface area contributed by atoms with E-state index < -0.39 is 6.10 Å². The molecule has 2 aliphatic heterocycles. The number of hydrogen-bond donors (Lipinski definition) is 1. The van der Waals surface area contributed by atoms with E-state index in [0.29, 0.717) is 17.4 Å². The Morgan fingerprint density at radius 1 is 1.36 bits per heavy atom. The molecule has 25 heavy (non-hydrogen) atoms. The molecule has 2 atom stereocenters. The number of carbonyl (C=O) groups is 1. The van der Waals surface area contributed by atoms with Crippen LogP contribution in [0.3, 0.4) is 0 Å². The molecule has 1 N–H and O–H groups in total. The molecule has 8 heteroatoms. The maximum Gasteiger partial charge on any atom is 0.264 e. The van der Waals surface area contributed by atoms with E-state index in [-0.39, 0.29) is 11.9 Å². The Bertz CT molecular complexity index is 854. The van der Waals surface area contributed by atoms with Crippen molar-refractivity contribution in [3.05, 3.63) is 49.6 Å². The summed E-state index contributed by atoms with van der Waals surface area (Å²) in [6.07, 6.45) is 0.544. The van der Waals surface area contributed by atoms with Gasteiger partial charge in [0.1, 0.15) is 11.5 Å². The number of rotatable bonds is 3. The fourth-order valence-corrected chi connectivity index (χ4v) is 4.32. The molecule has 2 aromatic rings. The van der Waals surface area contributed by atoms with E-state index in [2.05, 4.69) is 26.4 Å². The number of thiophene rings is 1. The summed E-state index contributed by atoms with van der Waals surface area (Å²) >= 11 is 10.8. The summed E-state index contributed by atoms with van der Waals surface area (Å²) in [5.74, 6) is 0.636. The first-order valence-corrected chi connectivity index (χ1v) is 9.80. The number of nitrogens with zero attached hydrogens (tertiary/aromatic N) is 1. The number of hydrogen-bond acceptors (Lipinski definition) is 5. The lowest BCUT2D eigenvalue weighted by molar-refractivity contribution is -0.132. The highest BCUT2D eigenvalue weighted by Crippen LogP contribution is 2.34. The first kappa shape index (κ1) is 16.9. The van der Waals surface area contributed by atoms with Gasteiger partial charge in [0.2, 0.25) is 6.10 Å². The summed E-state index contributed by atoms with van der Waals surface area (Å²) < 4.78 is 7.30. The summed E-state index contributed by atoms with van der Waals surface area (Å²) in [6, 6.07) is 9.42. The number of nitrogens with one attached hydrogen (secondary N) is 1. The van der Waals surface area contributed by atoms with Gasteiger partial charge in [-0.3, -0.25) is 4.79 Å². The molecule has 0 aliphatic carbocycles. The van der Waals surface area contributed by atoms with Crippen molar-refractivity contribution in [1.29, 1.82) is 0 Å². The molecular weight excluding hydrogens is 428 g/mol. The predicted octanol–water partition coefficient (Wildman–Crippen LogP) is 4.30. The Hall–Kier alpha value is -1.57. The minimum absolute atomic E-state index is 0.0995. The molecule has 0 radical (unpaired) electrons. The lowest BCUT2D eigenvalue weighted by Gasteiger charge is -2.27. The van der Waals surface area contributed by atoms with E-state index in [9.17, 15) is 4.79 Å². The van der Waals surface area contributed by atoms with Gasteiger partial charge in [-0.25, -0.2) is 0 Å². The molecule has 0 saturated carbocycles. The van der Waals surface area contributed by atoms with Gasteiger partial charge in [0.05, 0.1) is 21.9 Å². The molecule has 1 aromatic heterocycles. The largest absolute Gasteiger partial charge is 0.493 e. The van der Waals surface area contributed by atoms with E-state index in [0.717, 1.165) is 32.8 Å². The first-order chi connectivity index (χ1) is 12.1. The number of ether oxygens (including phenoxy) is 1. The van der Waals surface area contributed by atoms with Crippen LogP contribution < -0.4 is 10.1 Å². The highest BCUT2D eigenvalue weighted by Gasteiger charge is 2.32. The molecule has 0 spiro atoms. The highest BCUT2D eigenvalue weighted by molar-refractivity contribution is 9.10. The van der Waals surface area contributed by atoms with Gasteiger partial charge in [-0.2, -0.15) is 0 Å². The van der Waals surface area contributed by atoms with Gasteiger partial charge < -0.3 is 14.9 Å². The molecular formula is C17H14BrClN2O3S. The van der Waals surface area contributed by atoms with Gasteiger partial charge in [0.15, 0.2) is 0 Å². The third-order valence-electron chi connectivity index (χ3n) is 4.15. The third-order valence-corrected chi connectivity index (χ3v) is 5.92. The summed E-state index contributed by atoms with van der Waals surface area (Å²) in [6.45, 7) is 0.570. The van der Waals surface area contributed by atoms with Crippen LogP contribution in [0.15, 0.2) is 40.0 Å². The topological polar surface area (TPSA) is 59.9 Å². The van der Waals surface area contributed by atoms with Crippen molar-refractivity contribution in [3.63, 3.8) is 0 Å². The van der Waals surface area contributed by atoms with Crippen molar-refractivity contribution < 1.29 is 14.4 Å². The van der Waals surface area contributed by atoms with Crippen LogP contribution in [0.2, 0.25) is 4.34 Å². The fraction of sp³-hybridized carbons (Fsp3) is 0.294. The Labute approximate surface area is 162 Å². The van der Waals surface area contributed by atoms with Crippen LogP contribution in [-0.4, -0.2) is 24.3 Å².